The lowest BCUT2D eigenvalue weighted by atomic mass is 9.70. The van der Waals surface area contributed by atoms with Gasteiger partial charge in [0.2, 0.25) is 0 Å². The van der Waals surface area contributed by atoms with Gasteiger partial charge in [-0.25, -0.2) is 0 Å². The summed E-state index contributed by atoms with van der Waals surface area (Å²) >= 11 is 0. The average molecular weight is 430 g/mol. The third kappa shape index (κ3) is 5.98. The molecule has 0 unspecified atom stereocenters. The van der Waals surface area contributed by atoms with Gasteiger partial charge in [-0.1, -0.05) is 63.4 Å². The first kappa shape index (κ1) is 25.2. The van der Waals surface area contributed by atoms with Gasteiger partial charge < -0.3 is 10.2 Å². The highest BCUT2D eigenvalue weighted by atomic mass is 19.4. The molecule has 1 aliphatic carbocycles. The maximum atomic E-state index is 14.0. The summed E-state index contributed by atoms with van der Waals surface area (Å²) in [7, 11) is 0. The number of unbranched alkanes of at least 4 members (excludes halogenated alkanes) is 1. The summed E-state index contributed by atoms with van der Waals surface area (Å²) in [4.78, 5) is 1.75. The first-order chi connectivity index (χ1) is 13.9. The van der Waals surface area contributed by atoms with Crippen molar-refractivity contribution in [2.75, 3.05) is 6.54 Å². The molecule has 6 heteroatoms. The topological polar surface area (TPSA) is 43.7 Å². The van der Waals surface area contributed by atoms with Crippen molar-refractivity contribution in [3.63, 3.8) is 0 Å². The third-order valence-electron chi connectivity index (χ3n) is 6.94. The van der Waals surface area contributed by atoms with Crippen LogP contribution in [0.4, 0.5) is 13.2 Å². The normalized spacial score (nSPS) is 25.3. The van der Waals surface area contributed by atoms with Gasteiger partial charge >= 0.3 is 6.18 Å². The lowest BCUT2D eigenvalue weighted by Gasteiger charge is -2.50. The van der Waals surface area contributed by atoms with Crippen LogP contribution in [0.25, 0.3) is 0 Å². The van der Waals surface area contributed by atoms with E-state index in [2.05, 4.69) is 6.92 Å². The Morgan fingerprint density at radius 1 is 1.10 bits per heavy atom. The van der Waals surface area contributed by atoms with E-state index in [1.165, 1.54) is 0 Å². The van der Waals surface area contributed by atoms with Gasteiger partial charge in [-0.15, -0.1) is 0 Å². The highest BCUT2D eigenvalue weighted by Gasteiger charge is 2.55. The molecule has 2 N–H and O–H groups in total. The van der Waals surface area contributed by atoms with Crippen LogP contribution in [0.3, 0.4) is 0 Å². The highest BCUT2D eigenvalue weighted by molar-refractivity contribution is 5.15. The highest BCUT2D eigenvalue weighted by Crippen LogP contribution is 2.42. The summed E-state index contributed by atoms with van der Waals surface area (Å²) in [5.41, 5.74) is -2.59. The first-order valence-electron chi connectivity index (χ1n) is 11.2. The van der Waals surface area contributed by atoms with Gasteiger partial charge in [-0.05, 0) is 44.6 Å². The number of hydrogen-bond acceptors (Lipinski definition) is 3. The summed E-state index contributed by atoms with van der Waals surface area (Å²) in [5.74, 6) is 0.257. The summed E-state index contributed by atoms with van der Waals surface area (Å²) in [6.07, 6.45) is -2.34. The largest absolute Gasteiger partial charge is 0.418 e. The van der Waals surface area contributed by atoms with Gasteiger partial charge in [0.05, 0.1) is 6.10 Å². The van der Waals surface area contributed by atoms with E-state index in [4.69, 9.17) is 0 Å². The van der Waals surface area contributed by atoms with Gasteiger partial charge in [-0.2, -0.15) is 13.2 Å². The number of halogens is 3. The molecule has 0 radical (unpaired) electrons. The number of benzene rings is 1. The Kier molecular flexibility index (Phi) is 8.39. The molecule has 1 fully saturated rings. The minimum atomic E-state index is -4.72. The van der Waals surface area contributed by atoms with E-state index in [9.17, 15) is 23.4 Å². The maximum absolute atomic E-state index is 14.0. The van der Waals surface area contributed by atoms with Crippen molar-refractivity contribution in [2.24, 2.45) is 11.8 Å². The molecule has 2 rings (SSSR count). The second kappa shape index (κ2) is 10.0. The molecule has 0 saturated heterocycles. The van der Waals surface area contributed by atoms with Crippen LogP contribution in [0, 0.1) is 11.8 Å². The summed E-state index contributed by atoms with van der Waals surface area (Å²) in [6, 6.07) is 9.39. The van der Waals surface area contributed by atoms with E-state index in [0.29, 0.717) is 25.2 Å². The van der Waals surface area contributed by atoms with Crippen molar-refractivity contribution >= 4 is 0 Å². The number of β-amino-alcohol motifs (C(OH)–C–C–N with tert-alkyl or cyclic N) is 1. The summed E-state index contributed by atoms with van der Waals surface area (Å²) in [5, 5.41) is 21.5. The van der Waals surface area contributed by atoms with Crippen molar-refractivity contribution in [3.8, 4) is 0 Å². The van der Waals surface area contributed by atoms with Crippen LogP contribution < -0.4 is 0 Å². The molecule has 0 heterocycles. The van der Waals surface area contributed by atoms with E-state index in [1.807, 2.05) is 51.1 Å². The number of nitrogens with zero attached hydrogens (tertiary/aromatic N) is 1. The molecule has 1 aromatic carbocycles. The van der Waals surface area contributed by atoms with Crippen molar-refractivity contribution in [1.29, 1.82) is 0 Å². The van der Waals surface area contributed by atoms with Crippen molar-refractivity contribution in [2.45, 2.75) is 96.2 Å². The molecule has 1 saturated carbocycles. The van der Waals surface area contributed by atoms with E-state index in [-0.39, 0.29) is 18.9 Å². The summed E-state index contributed by atoms with van der Waals surface area (Å²) < 4.78 is 41.9. The fraction of sp³-hybridized carbons (Fsp3) is 0.750. The number of rotatable bonds is 9. The molecule has 1 aromatic rings. The van der Waals surface area contributed by atoms with Crippen LogP contribution in [0.5, 0.6) is 0 Å². The van der Waals surface area contributed by atoms with Crippen LogP contribution in [-0.4, -0.2) is 45.1 Å². The molecular weight excluding hydrogens is 391 g/mol. The average Bonchev–Trinajstić information content (AvgIpc) is 2.65. The van der Waals surface area contributed by atoms with Crippen molar-refractivity contribution in [1.82, 2.24) is 4.90 Å². The fourth-order valence-corrected chi connectivity index (χ4v) is 4.77. The number of alkyl halides is 3. The number of hydrogen-bond donors (Lipinski definition) is 2. The third-order valence-corrected chi connectivity index (χ3v) is 6.94. The molecule has 0 amide bonds. The Labute approximate surface area is 179 Å². The van der Waals surface area contributed by atoms with Crippen molar-refractivity contribution in [3.05, 3.63) is 35.9 Å². The Balaban J connectivity index is 2.38. The predicted octanol–water partition coefficient (Wildman–Crippen LogP) is 5.55. The molecule has 30 heavy (non-hydrogen) atoms. The molecular formula is C24H38F3NO2. The second-order valence-corrected chi connectivity index (χ2v) is 9.72. The van der Waals surface area contributed by atoms with Crippen LogP contribution in [0.1, 0.15) is 71.8 Å². The molecule has 0 aromatic heterocycles. The SMILES string of the molecule is CCCC[C@](O)(CN(Cc1ccccc1)C(C)(C)[C@@H]1CC[C@@H](C)C[C@H]1O)C(F)(F)F. The summed E-state index contributed by atoms with van der Waals surface area (Å²) in [6.45, 7) is 7.53. The van der Waals surface area contributed by atoms with E-state index >= 15 is 0 Å². The fourth-order valence-electron chi connectivity index (χ4n) is 4.77. The smallest absolute Gasteiger partial charge is 0.393 e. The van der Waals surface area contributed by atoms with Gasteiger partial charge in [0, 0.05) is 24.5 Å². The number of aliphatic hydroxyl groups excluding tert-OH is 1. The minimum Gasteiger partial charge on any atom is -0.393 e. The van der Waals surface area contributed by atoms with Crippen LogP contribution in [0.15, 0.2) is 30.3 Å². The minimum absolute atomic E-state index is 0.152. The van der Waals surface area contributed by atoms with E-state index < -0.39 is 30.0 Å². The predicted molar refractivity (Wildman–Crippen MR) is 114 cm³/mol. The molecule has 1 aliphatic rings. The Bertz CT molecular complexity index is 650. The van der Waals surface area contributed by atoms with Crippen molar-refractivity contribution < 1.29 is 23.4 Å². The first-order valence-corrected chi connectivity index (χ1v) is 11.2. The van der Waals surface area contributed by atoms with E-state index in [1.54, 1.807) is 4.90 Å². The lowest BCUT2D eigenvalue weighted by molar-refractivity contribution is -0.273. The monoisotopic (exact) mass is 429 g/mol. The molecule has 0 spiro atoms. The molecule has 4 atom stereocenters. The zero-order valence-electron chi connectivity index (χ0n) is 18.8. The molecule has 3 nitrogen and oxygen atoms in total. The zero-order valence-corrected chi connectivity index (χ0v) is 18.8. The maximum Gasteiger partial charge on any atom is 0.418 e. The Hall–Kier alpha value is -1.11. The van der Waals surface area contributed by atoms with Gasteiger partial charge in [0.15, 0.2) is 5.60 Å². The lowest BCUT2D eigenvalue weighted by Crippen LogP contribution is -2.61. The molecule has 0 aliphatic heterocycles. The van der Waals surface area contributed by atoms with Gasteiger partial charge in [-0.3, -0.25) is 4.90 Å². The Morgan fingerprint density at radius 3 is 2.27 bits per heavy atom. The Morgan fingerprint density at radius 2 is 1.73 bits per heavy atom. The van der Waals surface area contributed by atoms with Crippen LogP contribution in [0.2, 0.25) is 0 Å². The standard InChI is InChI=1S/C24H38F3NO2/c1-5-6-14-23(30,24(25,26)27)17-28(16-19-10-8-7-9-11-19)22(3,4)20-13-12-18(2)15-21(20)29/h7-11,18,20-21,29-30H,5-6,12-17H2,1-4H3/t18-,20-,21-,23+/m1/s1. The van der Waals surface area contributed by atoms with Gasteiger partial charge in [0.25, 0.3) is 0 Å². The molecule has 0 bridgehead atoms. The number of aliphatic hydroxyl groups is 2. The molecule has 172 valence electrons. The zero-order chi connectivity index (χ0) is 22.6. The quantitative estimate of drug-likeness (QED) is 0.541. The van der Waals surface area contributed by atoms with Gasteiger partial charge in [0.1, 0.15) is 0 Å². The van der Waals surface area contributed by atoms with Crippen LogP contribution in [-0.2, 0) is 6.54 Å². The van der Waals surface area contributed by atoms with E-state index in [0.717, 1.165) is 18.4 Å². The van der Waals surface area contributed by atoms with Crippen LogP contribution >= 0.6 is 0 Å². The second-order valence-electron chi connectivity index (χ2n) is 9.72.